The van der Waals surface area contributed by atoms with Crippen molar-refractivity contribution in [3.8, 4) is 0 Å². The van der Waals surface area contributed by atoms with E-state index in [9.17, 15) is 9.59 Å². The normalized spacial score (nSPS) is 25.7. The van der Waals surface area contributed by atoms with Crippen molar-refractivity contribution < 1.29 is 9.59 Å². The number of nitrogens with one attached hydrogen (secondary N) is 1. The molecule has 1 unspecified atom stereocenters. The molecule has 4 nitrogen and oxygen atoms in total. The third-order valence-electron chi connectivity index (χ3n) is 4.63. The number of hydrogen-bond acceptors (Lipinski definition) is 3. The Morgan fingerprint density at radius 3 is 2.68 bits per heavy atom. The lowest BCUT2D eigenvalue weighted by molar-refractivity contribution is -0.131. The van der Waals surface area contributed by atoms with Gasteiger partial charge in [-0.05, 0) is 31.9 Å². The molecule has 2 amide bonds. The molecule has 0 saturated heterocycles. The van der Waals surface area contributed by atoms with E-state index in [4.69, 9.17) is 0 Å². The number of carbonyl (C=O) groups excluding carboxylic acids is 2. The average molecular weight is 318 g/mol. The molecule has 118 valence electrons. The van der Waals surface area contributed by atoms with Gasteiger partial charge < -0.3 is 10.2 Å². The van der Waals surface area contributed by atoms with Crippen LogP contribution in [-0.2, 0) is 9.59 Å². The maximum absolute atomic E-state index is 12.8. The van der Waals surface area contributed by atoms with E-state index in [0.717, 1.165) is 36.3 Å². The Balaban J connectivity index is 1.82. The molecule has 0 radical (unpaired) electrons. The minimum absolute atomic E-state index is 0.149. The first-order chi connectivity index (χ1) is 10.5. The number of thioether (sulfide) groups is 1. The lowest BCUT2D eigenvalue weighted by Gasteiger charge is -2.38. The number of amides is 2. The molecular weight excluding hydrogens is 296 g/mol. The molecule has 1 saturated carbocycles. The molecule has 1 aliphatic carbocycles. The summed E-state index contributed by atoms with van der Waals surface area (Å²) in [6.45, 7) is 1.74. The van der Waals surface area contributed by atoms with Crippen LogP contribution in [-0.4, -0.2) is 29.7 Å². The molecule has 1 N–H and O–H groups in total. The Kier molecular flexibility index (Phi) is 4.17. The summed E-state index contributed by atoms with van der Waals surface area (Å²) in [5, 5.41) is 3.10. The second-order valence-corrected chi connectivity index (χ2v) is 7.74. The summed E-state index contributed by atoms with van der Waals surface area (Å²) in [6, 6.07) is 7.95. The zero-order valence-corrected chi connectivity index (χ0v) is 13.9. The number of nitrogens with zero attached hydrogens (tertiary/aromatic N) is 1. The van der Waals surface area contributed by atoms with Gasteiger partial charge in [-0.1, -0.05) is 43.2 Å². The number of fused-ring (bicyclic) bond motifs is 1. The number of rotatable bonds is 2. The second kappa shape index (κ2) is 5.95. The first kappa shape index (κ1) is 15.4. The van der Waals surface area contributed by atoms with E-state index in [-0.39, 0.29) is 17.9 Å². The molecule has 0 spiro atoms. The van der Waals surface area contributed by atoms with Crippen LogP contribution >= 0.6 is 11.8 Å². The highest BCUT2D eigenvalue weighted by Crippen LogP contribution is 2.44. The Hall–Kier alpha value is -1.49. The van der Waals surface area contributed by atoms with E-state index >= 15 is 0 Å². The molecule has 0 bridgehead atoms. The van der Waals surface area contributed by atoms with Gasteiger partial charge in [0.05, 0.1) is 5.69 Å². The van der Waals surface area contributed by atoms with Gasteiger partial charge in [0, 0.05) is 18.0 Å². The van der Waals surface area contributed by atoms with Crippen LogP contribution in [0.1, 0.15) is 39.0 Å². The van der Waals surface area contributed by atoms with Gasteiger partial charge in [-0.3, -0.25) is 9.59 Å². The minimum Gasteiger partial charge on any atom is -0.352 e. The van der Waals surface area contributed by atoms with Gasteiger partial charge in [-0.2, -0.15) is 0 Å². The highest BCUT2D eigenvalue weighted by atomic mass is 32.2. The predicted molar refractivity (Wildman–Crippen MR) is 89.1 cm³/mol. The average Bonchev–Trinajstić information content (AvgIpc) is 2.54. The zero-order valence-electron chi connectivity index (χ0n) is 13.1. The van der Waals surface area contributed by atoms with Crippen molar-refractivity contribution in [2.24, 2.45) is 0 Å². The highest BCUT2D eigenvalue weighted by Gasteiger charge is 2.48. The van der Waals surface area contributed by atoms with E-state index in [1.54, 1.807) is 18.9 Å². The van der Waals surface area contributed by atoms with E-state index in [2.05, 4.69) is 5.32 Å². The van der Waals surface area contributed by atoms with Crippen LogP contribution in [0.25, 0.3) is 0 Å². The lowest BCUT2D eigenvalue weighted by atomic mass is 9.94. The summed E-state index contributed by atoms with van der Waals surface area (Å²) in [6.07, 6.45) is 5.60. The summed E-state index contributed by atoms with van der Waals surface area (Å²) in [4.78, 5) is 28.1. The molecule has 1 fully saturated rings. The van der Waals surface area contributed by atoms with Crippen molar-refractivity contribution in [2.75, 3.05) is 11.9 Å². The molecule has 1 heterocycles. The number of para-hydroxylation sites is 1. The first-order valence-electron chi connectivity index (χ1n) is 7.89. The van der Waals surface area contributed by atoms with Gasteiger partial charge in [-0.25, -0.2) is 0 Å². The van der Waals surface area contributed by atoms with Crippen molar-refractivity contribution in [1.29, 1.82) is 0 Å². The molecule has 5 heteroatoms. The molecule has 22 heavy (non-hydrogen) atoms. The monoisotopic (exact) mass is 318 g/mol. The fraction of sp³-hybridized carbons (Fsp3) is 0.529. The summed E-state index contributed by atoms with van der Waals surface area (Å²) in [5.74, 6) is -0.305. The topological polar surface area (TPSA) is 49.4 Å². The van der Waals surface area contributed by atoms with Crippen LogP contribution in [0.3, 0.4) is 0 Å². The standard InChI is InChI=1S/C17H22N2O2S/c1-17(15(20)18-12-8-4-3-5-9-12)16(21)19(2)13-10-6-7-11-14(13)22-17/h6-7,10-12H,3-5,8-9H2,1-2H3,(H,18,20). The summed E-state index contributed by atoms with van der Waals surface area (Å²) in [7, 11) is 1.74. The van der Waals surface area contributed by atoms with Crippen LogP contribution in [0.2, 0.25) is 0 Å². The van der Waals surface area contributed by atoms with E-state index in [1.165, 1.54) is 18.2 Å². The predicted octanol–water partition coefficient (Wildman–Crippen LogP) is 2.96. The number of benzene rings is 1. The molecule has 1 aromatic rings. The largest absolute Gasteiger partial charge is 0.352 e. The molecule has 3 rings (SSSR count). The number of carbonyl (C=O) groups is 2. The fourth-order valence-corrected chi connectivity index (χ4v) is 4.50. The Labute approximate surface area is 135 Å². The van der Waals surface area contributed by atoms with E-state index < -0.39 is 4.75 Å². The Morgan fingerprint density at radius 2 is 1.95 bits per heavy atom. The van der Waals surface area contributed by atoms with Crippen LogP contribution in [0, 0.1) is 0 Å². The van der Waals surface area contributed by atoms with Crippen molar-refractivity contribution in [3.63, 3.8) is 0 Å². The number of anilines is 1. The van der Waals surface area contributed by atoms with E-state index in [1.807, 2.05) is 24.3 Å². The smallest absolute Gasteiger partial charge is 0.252 e. The SMILES string of the molecule is CN1C(=O)C(C)(C(=O)NC2CCCCC2)Sc2ccccc21. The van der Waals surface area contributed by atoms with Gasteiger partial charge in [0.15, 0.2) is 4.75 Å². The highest BCUT2D eigenvalue weighted by molar-refractivity contribution is 8.02. The van der Waals surface area contributed by atoms with Gasteiger partial charge >= 0.3 is 0 Å². The third-order valence-corrected chi connectivity index (χ3v) is 5.96. The summed E-state index contributed by atoms with van der Waals surface area (Å²) in [5.41, 5.74) is 0.875. The zero-order chi connectivity index (χ0) is 15.7. The van der Waals surface area contributed by atoms with Gasteiger partial charge in [0.2, 0.25) is 5.91 Å². The lowest BCUT2D eigenvalue weighted by Crippen LogP contribution is -2.57. The molecule has 0 aromatic heterocycles. The van der Waals surface area contributed by atoms with Crippen molar-refractivity contribution in [1.82, 2.24) is 5.32 Å². The Morgan fingerprint density at radius 1 is 1.27 bits per heavy atom. The minimum atomic E-state index is -1.08. The first-order valence-corrected chi connectivity index (χ1v) is 8.71. The van der Waals surface area contributed by atoms with Crippen LogP contribution in [0.15, 0.2) is 29.2 Å². The van der Waals surface area contributed by atoms with Gasteiger partial charge in [0.25, 0.3) is 5.91 Å². The summed E-state index contributed by atoms with van der Waals surface area (Å²) >= 11 is 1.36. The Bertz CT molecular complexity index is 598. The molecular formula is C17H22N2O2S. The molecule has 1 atom stereocenters. The quantitative estimate of drug-likeness (QED) is 0.853. The van der Waals surface area contributed by atoms with Crippen LogP contribution in [0.4, 0.5) is 5.69 Å². The number of hydrogen-bond donors (Lipinski definition) is 1. The second-order valence-electron chi connectivity index (χ2n) is 6.28. The summed E-state index contributed by atoms with van der Waals surface area (Å²) < 4.78 is -1.08. The van der Waals surface area contributed by atoms with Crippen molar-refractivity contribution >= 4 is 29.3 Å². The molecule has 2 aliphatic rings. The van der Waals surface area contributed by atoms with E-state index in [0.29, 0.717) is 0 Å². The van der Waals surface area contributed by atoms with Crippen LogP contribution < -0.4 is 10.2 Å². The van der Waals surface area contributed by atoms with Gasteiger partial charge in [0.1, 0.15) is 0 Å². The fourth-order valence-electron chi connectivity index (χ4n) is 3.23. The van der Waals surface area contributed by atoms with Crippen LogP contribution in [0.5, 0.6) is 0 Å². The third kappa shape index (κ3) is 2.62. The van der Waals surface area contributed by atoms with Crippen molar-refractivity contribution in [2.45, 2.75) is 54.7 Å². The van der Waals surface area contributed by atoms with Gasteiger partial charge in [-0.15, -0.1) is 0 Å². The molecule has 1 aliphatic heterocycles. The maximum Gasteiger partial charge on any atom is 0.252 e. The molecule has 1 aromatic carbocycles. The van der Waals surface area contributed by atoms with Crippen molar-refractivity contribution in [3.05, 3.63) is 24.3 Å². The maximum atomic E-state index is 12.8.